The minimum Gasteiger partial charge on any atom is -0.396 e. The van der Waals surface area contributed by atoms with Crippen LogP contribution >= 0.6 is 0 Å². The van der Waals surface area contributed by atoms with E-state index in [-0.39, 0.29) is 12.4 Å². The second-order valence-corrected chi connectivity index (χ2v) is 5.17. The fourth-order valence-corrected chi connectivity index (χ4v) is 2.83. The van der Waals surface area contributed by atoms with E-state index >= 15 is 0 Å². The maximum absolute atomic E-state index is 8.66. The first-order chi connectivity index (χ1) is 8.35. The molecule has 0 bridgehead atoms. The van der Waals surface area contributed by atoms with Gasteiger partial charge in [0.2, 0.25) is 0 Å². The minimum absolute atomic E-state index is 0.208. The molecule has 2 N–H and O–H groups in total. The Balaban J connectivity index is 1.56. The summed E-state index contributed by atoms with van der Waals surface area (Å²) in [7, 11) is 0. The third-order valence-corrected chi connectivity index (χ3v) is 3.92. The van der Waals surface area contributed by atoms with Crippen LogP contribution in [0.5, 0.6) is 0 Å². The van der Waals surface area contributed by atoms with Gasteiger partial charge in [0.05, 0.1) is 13.2 Å². The van der Waals surface area contributed by atoms with Crippen molar-refractivity contribution in [2.75, 3.05) is 32.9 Å². The molecule has 0 amide bonds. The lowest BCUT2D eigenvalue weighted by Crippen LogP contribution is -2.35. The van der Waals surface area contributed by atoms with E-state index in [4.69, 9.17) is 14.6 Å². The third-order valence-electron chi connectivity index (χ3n) is 3.92. The quantitative estimate of drug-likeness (QED) is 0.690. The number of aliphatic hydroxyl groups excluding tert-OH is 1. The molecule has 4 nitrogen and oxygen atoms in total. The first-order valence-corrected chi connectivity index (χ1v) is 6.94. The Morgan fingerprint density at radius 1 is 1.12 bits per heavy atom. The summed E-state index contributed by atoms with van der Waals surface area (Å²) in [5.74, 6) is 0.607. The summed E-state index contributed by atoms with van der Waals surface area (Å²) in [4.78, 5) is 0. The van der Waals surface area contributed by atoms with Crippen molar-refractivity contribution < 1.29 is 14.6 Å². The summed E-state index contributed by atoms with van der Waals surface area (Å²) in [6.45, 7) is 3.83. The number of hydrogen-bond acceptors (Lipinski definition) is 4. The SMILES string of the molecule is OCCCNCCC1CCC2(CC1)OCCO2. The van der Waals surface area contributed by atoms with Crippen LogP contribution in [0.4, 0.5) is 0 Å². The minimum atomic E-state index is -0.208. The maximum Gasteiger partial charge on any atom is 0.168 e. The number of hydrogen-bond donors (Lipinski definition) is 2. The molecule has 2 rings (SSSR count). The molecule has 100 valence electrons. The molecule has 17 heavy (non-hydrogen) atoms. The third kappa shape index (κ3) is 3.91. The van der Waals surface area contributed by atoms with Gasteiger partial charge in [-0.1, -0.05) is 0 Å². The average Bonchev–Trinajstić information content (AvgIpc) is 2.80. The molecule has 1 aliphatic carbocycles. The van der Waals surface area contributed by atoms with Crippen LogP contribution in [0.1, 0.15) is 38.5 Å². The maximum atomic E-state index is 8.66. The number of nitrogens with one attached hydrogen (secondary N) is 1. The van der Waals surface area contributed by atoms with E-state index in [1.165, 1.54) is 19.3 Å². The van der Waals surface area contributed by atoms with Gasteiger partial charge in [0.25, 0.3) is 0 Å². The number of aliphatic hydroxyl groups is 1. The summed E-state index contributed by atoms with van der Waals surface area (Å²) in [5, 5.41) is 12.0. The van der Waals surface area contributed by atoms with Crippen molar-refractivity contribution in [2.45, 2.75) is 44.3 Å². The Morgan fingerprint density at radius 2 is 1.82 bits per heavy atom. The molecule has 0 aromatic heterocycles. The van der Waals surface area contributed by atoms with Crippen molar-refractivity contribution in [1.82, 2.24) is 5.32 Å². The van der Waals surface area contributed by atoms with Gasteiger partial charge in [-0.25, -0.2) is 0 Å². The first kappa shape index (κ1) is 13.3. The van der Waals surface area contributed by atoms with Gasteiger partial charge in [0.15, 0.2) is 5.79 Å². The molecule has 1 aliphatic heterocycles. The Bertz CT molecular complexity index is 207. The van der Waals surface area contributed by atoms with E-state index in [9.17, 15) is 0 Å². The van der Waals surface area contributed by atoms with Gasteiger partial charge in [-0.2, -0.15) is 0 Å². The summed E-state index contributed by atoms with van der Waals surface area (Å²) < 4.78 is 11.4. The van der Waals surface area contributed by atoms with Crippen LogP contribution in [0.3, 0.4) is 0 Å². The van der Waals surface area contributed by atoms with Gasteiger partial charge in [-0.3, -0.25) is 0 Å². The molecule has 2 aliphatic rings. The molecule has 0 atom stereocenters. The first-order valence-electron chi connectivity index (χ1n) is 6.94. The van der Waals surface area contributed by atoms with Gasteiger partial charge in [-0.05, 0) is 44.7 Å². The summed E-state index contributed by atoms with van der Waals surface area (Å²) in [5.41, 5.74) is 0. The lowest BCUT2D eigenvalue weighted by molar-refractivity contribution is -0.182. The Hall–Kier alpha value is -0.160. The molecule has 0 aromatic carbocycles. The average molecular weight is 243 g/mol. The van der Waals surface area contributed by atoms with Crippen molar-refractivity contribution in [2.24, 2.45) is 5.92 Å². The zero-order valence-corrected chi connectivity index (χ0v) is 10.6. The largest absolute Gasteiger partial charge is 0.396 e. The molecule has 0 radical (unpaired) electrons. The fraction of sp³-hybridized carbons (Fsp3) is 1.00. The Kier molecular flexibility index (Phi) is 5.22. The highest BCUT2D eigenvalue weighted by Gasteiger charge is 2.39. The standard InChI is InChI=1S/C13H25NO3/c15-9-1-7-14-8-4-12-2-5-13(6-3-12)16-10-11-17-13/h12,14-15H,1-11H2. The summed E-state index contributed by atoms with van der Waals surface area (Å²) in [6, 6.07) is 0. The molecular formula is C13H25NO3. The predicted molar refractivity (Wildman–Crippen MR) is 65.8 cm³/mol. The van der Waals surface area contributed by atoms with Gasteiger partial charge in [-0.15, -0.1) is 0 Å². The number of rotatable bonds is 6. The lowest BCUT2D eigenvalue weighted by atomic mass is 9.83. The molecule has 1 saturated carbocycles. The van der Waals surface area contributed by atoms with E-state index in [2.05, 4.69) is 5.32 Å². The molecule has 1 saturated heterocycles. The van der Waals surface area contributed by atoms with Crippen LogP contribution in [-0.2, 0) is 9.47 Å². The van der Waals surface area contributed by atoms with E-state index in [1.54, 1.807) is 0 Å². The molecule has 0 unspecified atom stereocenters. The summed E-state index contributed by atoms with van der Waals surface area (Å²) >= 11 is 0. The van der Waals surface area contributed by atoms with E-state index in [1.807, 2.05) is 0 Å². The van der Waals surface area contributed by atoms with Gasteiger partial charge < -0.3 is 19.9 Å². The second kappa shape index (κ2) is 6.69. The van der Waals surface area contributed by atoms with Crippen molar-refractivity contribution in [3.63, 3.8) is 0 Å². The smallest absolute Gasteiger partial charge is 0.168 e. The zero-order chi connectivity index (χ0) is 12.0. The lowest BCUT2D eigenvalue weighted by Gasteiger charge is -2.35. The Morgan fingerprint density at radius 3 is 2.47 bits per heavy atom. The highest BCUT2D eigenvalue weighted by molar-refractivity contribution is 4.82. The van der Waals surface area contributed by atoms with Crippen molar-refractivity contribution >= 4 is 0 Å². The van der Waals surface area contributed by atoms with Crippen molar-refractivity contribution in [3.8, 4) is 0 Å². The van der Waals surface area contributed by atoms with E-state index in [0.717, 1.165) is 51.5 Å². The molecule has 1 heterocycles. The normalized spacial score (nSPS) is 24.5. The van der Waals surface area contributed by atoms with Crippen molar-refractivity contribution in [3.05, 3.63) is 0 Å². The fourth-order valence-electron chi connectivity index (χ4n) is 2.83. The Labute approximate surface area is 104 Å². The highest BCUT2D eigenvalue weighted by Crippen LogP contribution is 2.39. The van der Waals surface area contributed by atoms with Gasteiger partial charge >= 0.3 is 0 Å². The van der Waals surface area contributed by atoms with Gasteiger partial charge in [0, 0.05) is 19.4 Å². The molecule has 2 fully saturated rings. The van der Waals surface area contributed by atoms with Crippen LogP contribution in [0.25, 0.3) is 0 Å². The van der Waals surface area contributed by atoms with Crippen LogP contribution < -0.4 is 5.32 Å². The topological polar surface area (TPSA) is 50.7 Å². The molecule has 4 heteroatoms. The highest BCUT2D eigenvalue weighted by atomic mass is 16.7. The predicted octanol–water partition coefficient (Wildman–Crippen LogP) is 1.28. The number of ether oxygens (including phenoxy) is 2. The molecular weight excluding hydrogens is 218 g/mol. The van der Waals surface area contributed by atoms with Crippen LogP contribution in [0.15, 0.2) is 0 Å². The molecule has 0 aromatic rings. The monoisotopic (exact) mass is 243 g/mol. The van der Waals surface area contributed by atoms with E-state index in [0.29, 0.717) is 0 Å². The van der Waals surface area contributed by atoms with Crippen LogP contribution in [0, 0.1) is 5.92 Å². The second-order valence-electron chi connectivity index (χ2n) is 5.17. The van der Waals surface area contributed by atoms with Crippen LogP contribution in [0.2, 0.25) is 0 Å². The van der Waals surface area contributed by atoms with E-state index < -0.39 is 0 Å². The zero-order valence-electron chi connectivity index (χ0n) is 10.6. The molecule has 1 spiro atoms. The van der Waals surface area contributed by atoms with Gasteiger partial charge in [0.1, 0.15) is 0 Å². The van der Waals surface area contributed by atoms with Crippen LogP contribution in [-0.4, -0.2) is 43.8 Å². The van der Waals surface area contributed by atoms with Crippen molar-refractivity contribution in [1.29, 1.82) is 0 Å². The summed E-state index contributed by atoms with van der Waals surface area (Å²) in [6.07, 6.45) is 6.67.